The van der Waals surface area contributed by atoms with E-state index in [1.807, 2.05) is 30.0 Å². The van der Waals surface area contributed by atoms with E-state index in [4.69, 9.17) is 10.3 Å². The van der Waals surface area contributed by atoms with Crippen molar-refractivity contribution in [2.75, 3.05) is 23.7 Å². The summed E-state index contributed by atoms with van der Waals surface area (Å²) in [4.78, 5) is 6.42. The number of aromatic nitrogens is 2. The number of hydrogen-bond acceptors (Lipinski definition) is 5. The van der Waals surface area contributed by atoms with Crippen LogP contribution >= 0.6 is 0 Å². The van der Waals surface area contributed by atoms with Gasteiger partial charge in [0.25, 0.3) is 11.8 Å². The highest BCUT2D eigenvalue weighted by Crippen LogP contribution is 2.26. The minimum Gasteiger partial charge on any atom is -0.398 e. The number of rotatable bonds is 4. The van der Waals surface area contributed by atoms with Crippen molar-refractivity contribution in [2.45, 2.75) is 20.8 Å². The summed E-state index contributed by atoms with van der Waals surface area (Å²) in [6.07, 6.45) is 0. The van der Waals surface area contributed by atoms with E-state index in [0.717, 1.165) is 24.2 Å². The SMILES string of the molecule is CCN(CC)c1noc(-c2cc(C)ccc2N)n1. The minimum absolute atomic E-state index is 0.470. The molecule has 1 heterocycles. The summed E-state index contributed by atoms with van der Waals surface area (Å²) in [5.41, 5.74) is 8.48. The number of aryl methyl sites for hydroxylation is 1. The quantitative estimate of drug-likeness (QED) is 0.839. The Kier molecular flexibility index (Phi) is 3.50. The van der Waals surface area contributed by atoms with Gasteiger partial charge in [0.05, 0.1) is 5.56 Å². The Balaban J connectivity index is 2.37. The van der Waals surface area contributed by atoms with Gasteiger partial charge in [-0.05, 0) is 38.1 Å². The van der Waals surface area contributed by atoms with Crippen LogP contribution in [0.15, 0.2) is 22.7 Å². The zero-order valence-corrected chi connectivity index (χ0v) is 11.0. The molecule has 2 N–H and O–H groups in total. The van der Waals surface area contributed by atoms with Crippen LogP contribution in [0.3, 0.4) is 0 Å². The molecule has 0 amide bonds. The summed E-state index contributed by atoms with van der Waals surface area (Å²) < 4.78 is 5.29. The van der Waals surface area contributed by atoms with Crippen molar-refractivity contribution in [2.24, 2.45) is 0 Å². The first-order valence-electron chi connectivity index (χ1n) is 6.10. The van der Waals surface area contributed by atoms with Gasteiger partial charge < -0.3 is 15.2 Å². The van der Waals surface area contributed by atoms with Crippen molar-refractivity contribution in [3.05, 3.63) is 23.8 Å². The Hall–Kier alpha value is -2.04. The van der Waals surface area contributed by atoms with E-state index in [-0.39, 0.29) is 0 Å². The Morgan fingerprint density at radius 3 is 2.67 bits per heavy atom. The fraction of sp³-hybridized carbons (Fsp3) is 0.385. The van der Waals surface area contributed by atoms with Crippen molar-refractivity contribution in [3.63, 3.8) is 0 Å². The monoisotopic (exact) mass is 246 g/mol. The highest BCUT2D eigenvalue weighted by atomic mass is 16.5. The van der Waals surface area contributed by atoms with Crippen LogP contribution < -0.4 is 10.6 Å². The predicted molar refractivity (Wildman–Crippen MR) is 72.4 cm³/mol. The highest BCUT2D eigenvalue weighted by molar-refractivity contribution is 5.71. The second-order valence-corrected chi connectivity index (χ2v) is 4.16. The van der Waals surface area contributed by atoms with Gasteiger partial charge in [-0.1, -0.05) is 11.6 Å². The van der Waals surface area contributed by atoms with Crippen LogP contribution in [0.2, 0.25) is 0 Å². The van der Waals surface area contributed by atoms with Gasteiger partial charge in [-0.2, -0.15) is 4.98 Å². The summed E-state index contributed by atoms with van der Waals surface area (Å²) in [5.74, 6) is 1.08. The van der Waals surface area contributed by atoms with Crippen molar-refractivity contribution >= 4 is 11.6 Å². The molecule has 0 atom stereocenters. The minimum atomic E-state index is 0.470. The molecule has 5 nitrogen and oxygen atoms in total. The number of anilines is 2. The molecule has 0 unspecified atom stereocenters. The predicted octanol–water partition coefficient (Wildman–Crippen LogP) is 2.47. The van der Waals surface area contributed by atoms with E-state index in [1.54, 1.807) is 0 Å². The first kappa shape index (κ1) is 12.4. The van der Waals surface area contributed by atoms with Gasteiger partial charge in [0.15, 0.2) is 0 Å². The zero-order valence-electron chi connectivity index (χ0n) is 11.0. The Bertz CT molecular complexity index is 532. The molecule has 96 valence electrons. The van der Waals surface area contributed by atoms with E-state index in [9.17, 15) is 0 Å². The van der Waals surface area contributed by atoms with Gasteiger partial charge in [0.2, 0.25) is 0 Å². The second-order valence-electron chi connectivity index (χ2n) is 4.16. The standard InChI is InChI=1S/C13H18N4O/c1-4-17(5-2)13-15-12(18-16-13)10-8-9(3)6-7-11(10)14/h6-8H,4-5,14H2,1-3H3. The lowest BCUT2D eigenvalue weighted by atomic mass is 10.1. The first-order chi connectivity index (χ1) is 8.65. The summed E-state index contributed by atoms with van der Waals surface area (Å²) in [6, 6.07) is 5.77. The van der Waals surface area contributed by atoms with Crippen molar-refractivity contribution in [3.8, 4) is 11.5 Å². The van der Waals surface area contributed by atoms with Crippen LogP contribution in [0.4, 0.5) is 11.6 Å². The number of nitrogens with two attached hydrogens (primary N) is 1. The third kappa shape index (κ3) is 2.30. The average Bonchev–Trinajstić information content (AvgIpc) is 2.83. The lowest BCUT2D eigenvalue weighted by Gasteiger charge is -2.14. The number of nitrogen functional groups attached to an aromatic ring is 1. The Labute approximate surface area is 107 Å². The fourth-order valence-corrected chi connectivity index (χ4v) is 1.82. The van der Waals surface area contributed by atoms with Crippen molar-refractivity contribution < 1.29 is 4.52 Å². The van der Waals surface area contributed by atoms with Gasteiger partial charge in [0, 0.05) is 18.8 Å². The van der Waals surface area contributed by atoms with Crippen molar-refractivity contribution in [1.82, 2.24) is 10.1 Å². The maximum Gasteiger partial charge on any atom is 0.266 e. The van der Waals surface area contributed by atoms with Gasteiger partial charge in [-0.3, -0.25) is 0 Å². The maximum absolute atomic E-state index is 5.93. The number of benzene rings is 1. The van der Waals surface area contributed by atoms with Crippen LogP contribution in [0.25, 0.3) is 11.5 Å². The Morgan fingerprint density at radius 1 is 1.28 bits per heavy atom. The first-order valence-corrected chi connectivity index (χ1v) is 6.10. The van der Waals surface area contributed by atoms with Crippen LogP contribution in [0, 0.1) is 6.92 Å². The summed E-state index contributed by atoms with van der Waals surface area (Å²) in [6.45, 7) is 7.81. The maximum atomic E-state index is 5.93. The molecule has 2 rings (SSSR count). The highest BCUT2D eigenvalue weighted by Gasteiger charge is 2.14. The van der Waals surface area contributed by atoms with Crippen LogP contribution in [0.1, 0.15) is 19.4 Å². The van der Waals surface area contributed by atoms with Gasteiger partial charge in [0.1, 0.15) is 0 Å². The van der Waals surface area contributed by atoms with E-state index in [1.165, 1.54) is 0 Å². The number of nitrogens with zero attached hydrogens (tertiary/aromatic N) is 3. The Morgan fingerprint density at radius 2 is 2.00 bits per heavy atom. The van der Waals surface area contributed by atoms with E-state index in [0.29, 0.717) is 17.5 Å². The van der Waals surface area contributed by atoms with Gasteiger partial charge in [-0.25, -0.2) is 0 Å². The molecule has 18 heavy (non-hydrogen) atoms. The van der Waals surface area contributed by atoms with E-state index >= 15 is 0 Å². The van der Waals surface area contributed by atoms with Crippen molar-refractivity contribution in [1.29, 1.82) is 0 Å². The average molecular weight is 246 g/mol. The summed E-state index contributed by atoms with van der Waals surface area (Å²) in [7, 11) is 0. The van der Waals surface area contributed by atoms with Gasteiger partial charge in [-0.15, -0.1) is 0 Å². The number of hydrogen-bond donors (Lipinski definition) is 1. The largest absolute Gasteiger partial charge is 0.398 e. The molecular formula is C13H18N4O. The van der Waals surface area contributed by atoms with Crippen LogP contribution in [-0.2, 0) is 0 Å². The molecule has 0 fully saturated rings. The van der Waals surface area contributed by atoms with Crippen LogP contribution in [-0.4, -0.2) is 23.2 Å². The third-order valence-corrected chi connectivity index (χ3v) is 2.90. The van der Waals surface area contributed by atoms with E-state index in [2.05, 4.69) is 24.0 Å². The molecule has 0 bridgehead atoms. The zero-order chi connectivity index (χ0) is 13.1. The molecule has 0 spiro atoms. The molecular weight excluding hydrogens is 228 g/mol. The van der Waals surface area contributed by atoms with Gasteiger partial charge >= 0.3 is 0 Å². The molecule has 0 saturated heterocycles. The lowest BCUT2D eigenvalue weighted by Crippen LogP contribution is -2.22. The third-order valence-electron chi connectivity index (χ3n) is 2.90. The fourth-order valence-electron chi connectivity index (χ4n) is 1.82. The molecule has 5 heteroatoms. The summed E-state index contributed by atoms with van der Waals surface area (Å²) in [5, 5.41) is 3.99. The van der Waals surface area contributed by atoms with Crippen LogP contribution in [0.5, 0.6) is 0 Å². The lowest BCUT2D eigenvalue weighted by molar-refractivity contribution is 0.429. The molecule has 0 aliphatic carbocycles. The normalized spacial score (nSPS) is 10.6. The summed E-state index contributed by atoms with van der Waals surface area (Å²) >= 11 is 0. The molecule has 0 radical (unpaired) electrons. The van der Waals surface area contributed by atoms with E-state index < -0.39 is 0 Å². The molecule has 1 aromatic carbocycles. The molecule has 1 aromatic heterocycles. The smallest absolute Gasteiger partial charge is 0.266 e. The topological polar surface area (TPSA) is 68.2 Å². The molecule has 0 aliphatic heterocycles. The molecule has 0 saturated carbocycles. The second kappa shape index (κ2) is 5.08. The molecule has 2 aromatic rings. The molecule has 0 aliphatic rings.